The summed E-state index contributed by atoms with van der Waals surface area (Å²) in [5.74, 6) is 1.44. The summed E-state index contributed by atoms with van der Waals surface area (Å²) in [5.41, 5.74) is 3.38. The van der Waals surface area contributed by atoms with E-state index in [0.29, 0.717) is 36.1 Å². The third kappa shape index (κ3) is 3.53. The first kappa shape index (κ1) is 20.3. The van der Waals surface area contributed by atoms with Gasteiger partial charge >= 0.3 is 0 Å². The van der Waals surface area contributed by atoms with Gasteiger partial charge in [-0.25, -0.2) is 4.98 Å². The molecule has 1 atom stereocenters. The predicted molar refractivity (Wildman–Crippen MR) is 127 cm³/mol. The van der Waals surface area contributed by atoms with Crippen LogP contribution in [0.3, 0.4) is 0 Å². The van der Waals surface area contributed by atoms with E-state index in [-0.39, 0.29) is 25.0 Å². The lowest BCUT2D eigenvalue weighted by atomic mass is 10.1. The van der Waals surface area contributed by atoms with Crippen LogP contribution >= 0.6 is 0 Å². The Balaban J connectivity index is 1.26. The van der Waals surface area contributed by atoms with Crippen molar-refractivity contribution in [3.8, 4) is 11.5 Å². The van der Waals surface area contributed by atoms with Crippen LogP contribution in [0.15, 0.2) is 72.8 Å². The molecule has 1 unspecified atom stereocenters. The maximum atomic E-state index is 13.5. The van der Waals surface area contributed by atoms with Crippen molar-refractivity contribution < 1.29 is 19.1 Å². The smallest absolute Gasteiger partial charge is 0.253 e. The van der Waals surface area contributed by atoms with Crippen molar-refractivity contribution in [2.45, 2.75) is 18.9 Å². The van der Waals surface area contributed by atoms with E-state index in [1.165, 1.54) is 0 Å². The summed E-state index contributed by atoms with van der Waals surface area (Å²) in [7, 11) is 0. The first-order valence-corrected chi connectivity index (χ1v) is 11.2. The SMILES string of the molecule is O=C(CC1C(=O)N(CCc2ccccc2)c2nc3ccccc3n21)Nc1ccc2c(c1)OCO2. The molecule has 0 saturated carbocycles. The molecule has 2 aliphatic heterocycles. The zero-order valence-electron chi connectivity index (χ0n) is 18.3. The number of hydrogen-bond acceptors (Lipinski definition) is 5. The molecular weight excluding hydrogens is 432 g/mol. The molecule has 6 rings (SSSR count). The van der Waals surface area contributed by atoms with Crippen molar-refractivity contribution in [1.82, 2.24) is 9.55 Å². The number of rotatable bonds is 6. The molecule has 8 heteroatoms. The Kier molecular flexibility index (Phi) is 4.91. The number of fused-ring (bicyclic) bond motifs is 4. The minimum atomic E-state index is -0.660. The lowest BCUT2D eigenvalue weighted by Gasteiger charge is -2.16. The van der Waals surface area contributed by atoms with Gasteiger partial charge in [0.25, 0.3) is 5.91 Å². The first-order chi connectivity index (χ1) is 16.7. The standard InChI is InChI=1S/C26H22N4O4/c31-24(27-18-10-11-22-23(14-18)34-16-33-22)15-21-25(32)29(13-12-17-6-2-1-3-7-17)26-28-19-8-4-5-9-20(19)30(21)26/h1-11,14,21H,12-13,15-16H2,(H,27,31). The maximum absolute atomic E-state index is 13.5. The number of carbonyl (C=O) groups is 2. The van der Waals surface area contributed by atoms with Gasteiger partial charge in [-0.3, -0.25) is 19.1 Å². The van der Waals surface area contributed by atoms with Crippen molar-refractivity contribution in [3.05, 3.63) is 78.4 Å². The van der Waals surface area contributed by atoms with Crippen LogP contribution < -0.4 is 19.7 Å². The second kappa shape index (κ2) is 8.22. The number of aromatic nitrogens is 2. The minimum absolute atomic E-state index is 0.00245. The van der Waals surface area contributed by atoms with Crippen molar-refractivity contribution in [2.24, 2.45) is 0 Å². The van der Waals surface area contributed by atoms with E-state index in [9.17, 15) is 9.59 Å². The van der Waals surface area contributed by atoms with E-state index in [1.54, 1.807) is 23.1 Å². The number of nitrogens with one attached hydrogen (secondary N) is 1. The molecule has 2 amide bonds. The van der Waals surface area contributed by atoms with E-state index in [1.807, 2.05) is 59.2 Å². The Morgan fingerprint density at radius 3 is 2.68 bits per heavy atom. The fourth-order valence-electron chi connectivity index (χ4n) is 4.55. The molecule has 1 N–H and O–H groups in total. The van der Waals surface area contributed by atoms with E-state index in [4.69, 9.17) is 14.5 Å². The molecule has 34 heavy (non-hydrogen) atoms. The van der Waals surface area contributed by atoms with Crippen LogP contribution in [-0.2, 0) is 16.0 Å². The number of nitrogens with zero attached hydrogens (tertiary/aromatic N) is 3. The number of ether oxygens (including phenoxy) is 2. The number of hydrogen-bond donors (Lipinski definition) is 1. The van der Waals surface area contributed by atoms with Crippen molar-refractivity contribution >= 4 is 34.5 Å². The summed E-state index contributed by atoms with van der Waals surface area (Å²) in [6.45, 7) is 0.658. The van der Waals surface area contributed by atoms with Crippen molar-refractivity contribution in [1.29, 1.82) is 0 Å². The largest absolute Gasteiger partial charge is 0.454 e. The van der Waals surface area contributed by atoms with Gasteiger partial charge in [-0.15, -0.1) is 0 Å². The van der Waals surface area contributed by atoms with E-state index in [2.05, 4.69) is 5.32 Å². The third-order valence-electron chi connectivity index (χ3n) is 6.18. The number of amides is 2. The normalized spacial score (nSPS) is 16.2. The summed E-state index contributed by atoms with van der Waals surface area (Å²) >= 11 is 0. The molecule has 0 bridgehead atoms. The maximum Gasteiger partial charge on any atom is 0.253 e. The van der Waals surface area contributed by atoms with Gasteiger partial charge in [0, 0.05) is 18.3 Å². The molecule has 3 aromatic carbocycles. The van der Waals surface area contributed by atoms with Gasteiger partial charge in [-0.2, -0.15) is 0 Å². The number of anilines is 2. The fourth-order valence-corrected chi connectivity index (χ4v) is 4.55. The Morgan fingerprint density at radius 2 is 1.79 bits per heavy atom. The molecule has 170 valence electrons. The molecule has 0 spiro atoms. The van der Waals surface area contributed by atoms with Crippen LogP contribution in [0.2, 0.25) is 0 Å². The van der Waals surface area contributed by atoms with Crippen LogP contribution in [0, 0.1) is 0 Å². The zero-order chi connectivity index (χ0) is 23.1. The summed E-state index contributed by atoms with van der Waals surface area (Å²) in [6, 6.07) is 22.3. The topological polar surface area (TPSA) is 85.7 Å². The van der Waals surface area contributed by atoms with E-state index >= 15 is 0 Å². The van der Waals surface area contributed by atoms with Gasteiger partial charge in [0.15, 0.2) is 11.5 Å². The molecule has 4 aromatic rings. The average molecular weight is 454 g/mol. The molecular formula is C26H22N4O4. The summed E-state index contributed by atoms with van der Waals surface area (Å²) in [4.78, 5) is 32.9. The van der Waals surface area contributed by atoms with Gasteiger partial charge in [0.2, 0.25) is 18.6 Å². The number of imidazole rings is 1. The highest BCUT2D eigenvalue weighted by Crippen LogP contribution is 2.37. The Bertz CT molecular complexity index is 1400. The lowest BCUT2D eigenvalue weighted by molar-refractivity contribution is -0.124. The predicted octanol–water partition coefficient (Wildman–Crippen LogP) is 3.92. The highest BCUT2D eigenvalue weighted by atomic mass is 16.7. The summed E-state index contributed by atoms with van der Waals surface area (Å²) < 4.78 is 12.6. The Morgan fingerprint density at radius 1 is 1.00 bits per heavy atom. The van der Waals surface area contributed by atoms with Crippen molar-refractivity contribution in [2.75, 3.05) is 23.6 Å². The van der Waals surface area contributed by atoms with Gasteiger partial charge < -0.3 is 14.8 Å². The minimum Gasteiger partial charge on any atom is -0.454 e. The summed E-state index contributed by atoms with van der Waals surface area (Å²) in [6.07, 6.45) is 0.703. The van der Waals surface area contributed by atoms with Crippen LogP contribution in [0.1, 0.15) is 18.0 Å². The second-order valence-corrected chi connectivity index (χ2v) is 8.33. The Labute approximate surface area is 195 Å². The van der Waals surface area contributed by atoms with Gasteiger partial charge in [-0.05, 0) is 36.2 Å². The van der Waals surface area contributed by atoms with E-state index in [0.717, 1.165) is 16.6 Å². The highest BCUT2D eigenvalue weighted by molar-refractivity contribution is 6.05. The van der Waals surface area contributed by atoms with Crippen LogP contribution in [0.25, 0.3) is 11.0 Å². The lowest BCUT2D eigenvalue weighted by Crippen LogP contribution is -2.33. The van der Waals surface area contributed by atoms with Gasteiger partial charge in [-0.1, -0.05) is 42.5 Å². The van der Waals surface area contributed by atoms with Crippen LogP contribution in [0.4, 0.5) is 11.6 Å². The number of carbonyl (C=O) groups excluding carboxylic acids is 2. The molecule has 2 aliphatic rings. The molecule has 0 saturated heterocycles. The van der Waals surface area contributed by atoms with Crippen LogP contribution in [0.5, 0.6) is 11.5 Å². The Hall–Kier alpha value is -4.33. The monoisotopic (exact) mass is 454 g/mol. The van der Waals surface area contributed by atoms with E-state index < -0.39 is 6.04 Å². The average Bonchev–Trinajstić information content (AvgIpc) is 3.53. The zero-order valence-corrected chi connectivity index (χ0v) is 18.3. The second-order valence-electron chi connectivity index (χ2n) is 8.33. The molecule has 8 nitrogen and oxygen atoms in total. The molecule has 1 aromatic heterocycles. The fraction of sp³-hybridized carbons (Fsp3) is 0.192. The van der Waals surface area contributed by atoms with Crippen molar-refractivity contribution in [3.63, 3.8) is 0 Å². The quantitative estimate of drug-likeness (QED) is 0.477. The van der Waals surface area contributed by atoms with Gasteiger partial charge in [0.05, 0.1) is 17.5 Å². The number of para-hydroxylation sites is 2. The molecule has 0 aliphatic carbocycles. The summed E-state index contributed by atoms with van der Waals surface area (Å²) in [5, 5.41) is 2.88. The molecule has 0 radical (unpaired) electrons. The number of benzene rings is 3. The van der Waals surface area contributed by atoms with Crippen LogP contribution in [-0.4, -0.2) is 34.7 Å². The molecule has 0 fully saturated rings. The van der Waals surface area contributed by atoms with Gasteiger partial charge in [0.1, 0.15) is 6.04 Å². The first-order valence-electron chi connectivity index (χ1n) is 11.2. The molecule has 3 heterocycles. The third-order valence-corrected chi connectivity index (χ3v) is 6.18. The highest BCUT2D eigenvalue weighted by Gasteiger charge is 2.40.